The zero-order valence-electron chi connectivity index (χ0n) is 12.5. The number of hydrogen-bond acceptors (Lipinski definition) is 6. The molecule has 0 saturated carbocycles. The minimum absolute atomic E-state index is 0.0142. The smallest absolute Gasteiger partial charge is 0.390 e. The number of fused-ring (bicyclic) bond motifs is 1. The maximum atomic E-state index is 10.5. The second-order valence-corrected chi connectivity index (χ2v) is 5.59. The van der Waals surface area contributed by atoms with Gasteiger partial charge in [0, 0.05) is 5.10 Å². The van der Waals surface area contributed by atoms with Crippen LogP contribution in [-0.4, -0.2) is 37.5 Å². The molecule has 1 aromatic heterocycles. The van der Waals surface area contributed by atoms with Gasteiger partial charge in [0.05, 0.1) is 25.4 Å². The molecule has 0 spiro atoms. The number of aliphatic hydroxyl groups is 1. The van der Waals surface area contributed by atoms with Gasteiger partial charge in [0.1, 0.15) is 0 Å². The fourth-order valence-corrected chi connectivity index (χ4v) is 2.83. The predicted octanol–water partition coefficient (Wildman–Crippen LogP) is 1.64. The van der Waals surface area contributed by atoms with Crippen LogP contribution in [0.2, 0.25) is 0 Å². The molecule has 1 N–H and O–H groups in total. The lowest BCUT2D eigenvalue weighted by Crippen LogP contribution is -2.24. The fraction of sp³-hybridized carbons (Fsp3) is 0.467. The molecular weight excluding hydrogens is 300 g/mol. The molecule has 1 heterocycles. The summed E-state index contributed by atoms with van der Waals surface area (Å²) >= 11 is 0. The topological polar surface area (TPSA) is 103 Å². The van der Waals surface area contributed by atoms with Crippen LogP contribution in [0, 0.1) is 10.1 Å². The zero-order chi connectivity index (χ0) is 16.2. The molecule has 0 radical (unpaired) electrons. The van der Waals surface area contributed by atoms with Crippen LogP contribution >= 0.6 is 0 Å². The number of rotatable bonds is 6. The minimum atomic E-state index is -0.801. The van der Waals surface area contributed by atoms with Gasteiger partial charge in [-0.15, -0.1) is 0 Å². The predicted molar refractivity (Wildman–Crippen MR) is 80.8 cm³/mol. The van der Waals surface area contributed by atoms with Crippen molar-refractivity contribution in [2.24, 2.45) is 0 Å². The Kier molecular flexibility index (Phi) is 4.63. The Morgan fingerprint density at radius 1 is 1.48 bits per heavy atom. The van der Waals surface area contributed by atoms with Crippen molar-refractivity contribution in [1.82, 2.24) is 14.8 Å². The number of nitro groups is 1. The first-order valence-electron chi connectivity index (χ1n) is 7.55. The van der Waals surface area contributed by atoms with Crippen LogP contribution in [-0.2, 0) is 17.7 Å². The van der Waals surface area contributed by atoms with Crippen molar-refractivity contribution in [3.63, 3.8) is 0 Å². The molecule has 23 heavy (non-hydrogen) atoms. The van der Waals surface area contributed by atoms with Crippen molar-refractivity contribution in [2.45, 2.75) is 38.0 Å². The maximum Gasteiger partial charge on any atom is 0.490 e. The molecule has 8 heteroatoms. The van der Waals surface area contributed by atoms with Gasteiger partial charge in [0.15, 0.2) is 0 Å². The van der Waals surface area contributed by atoms with Crippen LogP contribution in [0.1, 0.15) is 30.1 Å². The van der Waals surface area contributed by atoms with Crippen molar-refractivity contribution < 1.29 is 14.8 Å². The summed E-state index contributed by atoms with van der Waals surface area (Å²) in [4.78, 5) is 13.4. The lowest BCUT2D eigenvalue weighted by Gasteiger charge is -2.26. The van der Waals surface area contributed by atoms with Gasteiger partial charge in [-0.05, 0) is 35.3 Å². The van der Waals surface area contributed by atoms with E-state index in [4.69, 9.17) is 4.74 Å². The quantitative estimate of drug-likeness (QED) is 0.641. The van der Waals surface area contributed by atoms with Crippen LogP contribution < -0.4 is 0 Å². The van der Waals surface area contributed by atoms with Gasteiger partial charge in [-0.1, -0.05) is 29.2 Å². The Hall–Kier alpha value is -2.32. The monoisotopic (exact) mass is 318 g/mol. The Labute approximate surface area is 132 Å². The van der Waals surface area contributed by atoms with Crippen molar-refractivity contribution in [3.05, 3.63) is 51.8 Å². The molecule has 1 aliphatic rings. The van der Waals surface area contributed by atoms with Crippen LogP contribution in [0.4, 0.5) is 5.95 Å². The second kappa shape index (κ2) is 6.84. The standard InChI is InChI=1S/C15H18N4O4/c20-12(8-18-10-16-15(17-18)19(21)22)9-23-14-7-3-5-11-4-1-2-6-13(11)14/h1-2,4,6,10,12,14,20H,3,5,7-9H2/t12-,14+/m0/s1. The third-order valence-corrected chi connectivity index (χ3v) is 3.89. The fourth-order valence-electron chi connectivity index (χ4n) is 2.83. The Morgan fingerprint density at radius 3 is 3.09 bits per heavy atom. The summed E-state index contributed by atoms with van der Waals surface area (Å²) in [5.74, 6) is -0.473. The molecule has 8 nitrogen and oxygen atoms in total. The Morgan fingerprint density at radius 2 is 2.30 bits per heavy atom. The average Bonchev–Trinajstić information content (AvgIpc) is 3.01. The van der Waals surface area contributed by atoms with E-state index < -0.39 is 17.0 Å². The molecule has 0 amide bonds. The van der Waals surface area contributed by atoms with Crippen molar-refractivity contribution in [2.75, 3.05) is 6.61 Å². The minimum Gasteiger partial charge on any atom is -0.390 e. The summed E-state index contributed by atoms with van der Waals surface area (Å²) < 4.78 is 7.10. The number of aromatic nitrogens is 3. The highest BCUT2D eigenvalue weighted by molar-refractivity contribution is 5.31. The lowest BCUT2D eigenvalue weighted by molar-refractivity contribution is -0.394. The van der Waals surface area contributed by atoms with Gasteiger partial charge in [-0.3, -0.25) is 0 Å². The number of aliphatic hydroxyl groups excluding tert-OH is 1. The van der Waals surface area contributed by atoms with Crippen LogP contribution in [0.3, 0.4) is 0 Å². The summed E-state index contributed by atoms with van der Waals surface area (Å²) in [6.07, 6.45) is 3.47. The molecule has 0 aliphatic heterocycles. The van der Waals surface area contributed by atoms with Gasteiger partial charge >= 0.3 is 5.95 Å². The van der Waals surface area contributed by atoms with Crippen LogP contribution in [0.5, 0.6) is 0 Å². The molecule has 3 rings (SSSR count). The highest BCUT2D eigenvalue weighted by atomic mass is 16.6. The number of aryl methyl sites for hydroxylation is 1. The first kappa shape index (κ1) is 15.6. The van der Waals surface area contributed by atoms with E-state index in [0.717, 1.165) is 19.3 Å². The Bertz CT molecular complexity index is 688. The molecule has 0 fully saturated rings. The first-order chi connectivity index (χ1) is 11.1. The number of ether oxygens (including phenoxy) is 1. The summed E-state index contributed by atoms with van der Waals surface area (Å²) in [5, 5.41) is 24.2. The molecule has 0 saturated heterocycles. The van der Waals surface area contributed by atoms with Gasteiger partial charge in [0.2, 0.25) is 6.33 Å². The van der Waals surface area contributed by atoms with Crippen LogP contribution in [0.15, 0.2) is 30.6 Å². The molecule has 122 valence electrons. The third kappa shape index (κ3) is 3.72. The molecule has 2 aromatic rings. The summed E-state index contributed by atoms with van der Waals surface area (Å²) in [5.41, 5.74) is 2.48. The molecule has 0 bridgehead atoms. The highest BCUT2D eigenvalue weighted by Crippen LogP contribution is 2.32. The van der Waals surface area contributed by atoms with E-state index in [1.165, 1.54) is 22.1 Å². The second-order valence-electron chi connectivity index (χ2n) is 5.59. The summed E-state index contributed by atoms with van der Waals surface area (Å²) in [6, 6.07) is 8.18. The first-order valence-corrected chi connectivity index (χ1v) is 7.55. The molecule has 1 aromatic carbocycles. The van der Waals surface area contributed by atoms with E-state index in [0.29, 0.717) is 0 Å². The lowest BCUT2D eigenvalue weighted by atomic mass is 9.89. The number of benzene rings is 1. The SMILES string of the molecule is O=[N+]([O-])c1ncn(C[C@H](O)CO[C@@H]2CCCc3ccccc32)n1. The summed E-state index contributed by atoms with van der Waals surface area (Å²) in [6.45, 7) is 0.252. The van der Waals surface area contributed by atoms with Gasteiger partial charge in [-0.25, -0.2) is 0 Å². The summed E-state index contributed by atoms with van der Waals surface area (Å²) in [7, 11) is 0. The van der Waals surface area contributed by atoms with Gasteiger partial charge in [0.25, 0.3) is 0 Å². The third-order valence-electron chi connectivity index (χ3n) is 3.89. The van der Waals surface area contributed by atoms with Gasteiger partial charge in [-0.2, -0.15) is 4.68 Å². The van der Waals surface area contributed by atoms with E-state index >= 15 is 0 Å². The molecule has 1 aliphatic carbocycles. The molecule has 0 unspecified atom stereocenters. The van der Waals surface area contributed by atoms with E-state index in [2.05, 4.69) is 22.2 Å². The van der Waals surface area contributed by atoms with Gasteiger partial charge < -0.3 is 20.0 Å². The largest absolute Gasteiger partial charge is 0.490 e. The van der Waals surface area contributed by atoms with Crippen molar-refractivity contribution in [3.8, 4) is 0 Å². The van der Waals surface area contributed by atoms with Crippen molar-refractivity contribution >= 4 is 5.95 Å². The van der Waals surface area contributed by atoms with E-state index in [-0.39, 0.29) is 19.3 Å². The van der Waals surface area contributed by atoms with Crippen LogP contribution in [0.25, 0.3) is 0 Å². The number of nitrogens with zero attached hydrogens (tertiary/aromatic N) is 4. The maximum absolute atomic E-state index is 10.5. The molecule has 2 atom stereocenters. The zero-order valence-corrected chi connectivity index (χ0v) is 12.5. The van der Waals surface area contributed by atoms with E-state index in [1.807, 2.05) is 12.1 Å². The highest BCUT2D eigenvalue weighted by Gasteiger charge is 2.22. The average molecular weight is 318 g/mol. The normalized spacial score (nSPS) is 18.4. The van der Waals surface area contributed by atoms with E-state index in [9.17, 15) is 15.2 Å². The number of hydrogen-bond donors (Lipinski definition) is 1. The molecular formula is C15H18N4O4. The Balaban J connectivity index is 1.55. The van der Waals surface area contributed by atoms with Crippen molar-refractivity contribution in [1.29, 1.82) is 0 Å². The van der Waals surface area contributed by atoms with E-state index in [1.54, 1.807) is 0 Å².